The van der Waals surface area contributed by atoms with E-state index in [9.17, 15) is 9.90 Å². The Hall–Kier alpha value is -2.25. The van der Waals surface area contributed by atoms with Crippen molar-refractivity contribution >= 4 is 44.9 Å². The van der Waals surface area contributed by atoms with Crippen LogP contribution in [0.1, 0.15) is 18.5 Å². The SMILES string of the molecule is CC(NC(=O)CSc1nc2ccc(N)cc2s1)c1ccc(O)cc1. The smallest absolute Gasteiger partial charge is 0.230 e. The molecule has 124 valence electrons. The first kappa shape index (κ1) is 16.6. The van der Waals surface area contributed by atoms with Crippen molar-refractivity contribution in [2.24, 2.45) is 0 Å². The number of carbonyl (C=O) groups is 1. The number of thiazole rings is 1. The van der Waals surface area contributed by atoms with Gasteiger partial charge in [-0.15, -0.1) is 11.3 Å². The molecule has 1 heterocycles. The molecule has 24 heavy (non-hydrogen) atoms. The molecule has 1 atom stereocenters. The Morgan fingerprint density at radius 2 is 2.08 bits per heavy atom. The number of carbonyl (C=O) groups excluding carboxylic acids is 1. The molecule has 3 rings (SSSR count). The number of rotatable bonds is 5. The number of thioether (sulfide) groups is 1. The van der Waals surface area contributed by atoms with Gasteiger partial charge in [-0.25, -0.2) is 4.98 Å². The molecule has 0 saturated heterocycles. The van der Waals surface area contributed by atoms with Crippen LogP contribution < -0.4 is 11.1 Å². The first-order valence-corrected chi connectivity index (χ1v) is 9.18. The molecule has 0 aliphatic rings. The van der Waals surface area contributed by atoms with Gasteiger partial charge in [-0.3, -0.25) is 4.79 Å². The molecule has 0 aliphatic carbocycles. The Morgan fingerprint density at radius 1 is 1.33 bits per heavy atom. The summed E-state index contributed by atoms with van der Waals surface area (Å²) in [4.78, 5) is 16.6. The summed E-state index contributed by atoms with van der Waals surface area (Å²) in [7, 11) is 0. The Morgan fingerprint density at radius 3 is 2.83 bits per heavy atom. The standard InChI is InChI=1S/C17H17N3O2S2/c1-10(11-2-5-13(21)6-3-11)19-16(22)9-23-17-20-14-7-4-12(18)8-15(14)24-17/h2-8,10,21H,9,18H2,1H3,(H,19,22). The molecule has 3 aromatic rings. The largest absolute Gasteiger partial charge is 0.508 e. The number of aromatic hydroxyl groups is 1. The Labute approximate surface area is 147 Å². The molecule has 7 heteroatoms. The maximum Gasteiger partial charge on any atom is 0.230 e. The number of nitrogens with two attached hydrogens (primary N) is 1. The molecule has 1 amide bonds. The number of anilines is 1. The zero-order valence-corrected chi connectivity index (χ0v) is 14.7. The summed E-state index contributed by atoms with van der Waals surface area (Å²) in [6.45, 7) is 1.91. The minimum atomic E-state index is -0.117. The van der Waals surface area contributed by atoms with Gasteiger partial charge < -0.3 is 16.2 Å². The van der Waals surface area contributed by atoms with Gasteiger partial charge in [0.05, 0.1) is 22.0 Å². The first-order chi connectivity index (χ1) is 11.5. The zero-order valence-electron chi connectivity index (χ0n) is 13.0. The summed E-state index contributed by atoms with van der Waals surface area (Å²) in [5, 5.41) is 12.2. The topological polar surface area (TPSA) is 88.2 Å². The fourth-order valence-corrected chi connectivity index (χ4v) is 4.17. The molecule has 0 bridgehead atoms. The highest BCUT2D eigenvalue weighted by atomic mass is 32.2. The fourth-order valence-electron chi connectivity index (χ4n) is 2.24. The van der Waals surface area contributed by atoms with Gasteiger partial charge in [0, 0.05) is 5.69 Å². The van der Waals surface area contributed by atoms with E-state index < -0.39 is 0 Å². The third-order valence-corrected chi connectivity index (χ3v) is 5.65. The lowest BCUT2D eigenvalue weighted by Crippen LogP contribution is -2.28. The van der Waals surface area contributed by atoms with Crippen LogP contribution >= 0.6 is 23.1 Å². The second-order valence-corrected chi connectivity index (χ2v) is 7.63. The molecule has 2 aromatic carbocycles. The third-order valence-electron chi connectivity index (χ3n) is 3.49. The number of aromatic nitrogens is 1. The van der Waals surface area contributed by atoms with E-state index in [1.54, 1.807) is 24.3 Å². The second-order valence-electron chi connectivity index (χ2n) is 5.38. The Balaban J connectivity index is 1.57. The lowest BCUT2D eigenvalue weighted by molar-refractivity contribution is -0.119. The van der Waals surface area contributed by atoms with Gasteiger partial charge in [0.15, 0.2) is 4.34 Å². The van der Waals surface area contributed by atoms with Crippen molar-refractivity contribution in [3.8, 4) is 5.75 Å². The van der Waals surface area contributed by atoms with Crippen molar-refractivity contribution in [2.45, 2.75) is 17.3 Å². The van der Waals surface area contributed by atoms with E-state index in [-0.39, 0.29) is 17.7 Å². The van der Waals surface area contributed by atoms with Crippen LogP contribution in [-0.4, -0.2) is 21.8 Å². The molecule has 1 aromatic heterocycles. The molecule has 0 aliphatic heterocycles. The number of hydrogen-bond donors (Lipinski definition) is 3. The van der Waals surface area contributed by atoms with Gasteiger partial charge in [-0.1, -0.05) is 23.9 Å². The van der Waals surface area contributed by atoms with Crippen LogP contribution in [0.4, 0.5) is 5.69 Å². The number of nitrogens with zero attached hydrogens (tertiary/aromatic N) is 1. The van der Waals surface area contributed by atoms with Gasteiger partial charge >= 0.3 is 0 Å². The maximum absolute atomic E-state index is 12.1. The van der Waals surface area contributed by atoms with E-state index in [0.717, 1.165) is 20.1 Å². The van der Waals surface area contributed by atoms with Crippen molar-refractivity contribution in [3.05, 3.63) is 48.0 Å². The molecule has 5 nitrogen and oxygen atoms in total. The lowest BCUT2D eigenvalue weighted by Gasteiger charge is -2.14. The van der Waals surface area contributed by atoms with Crippen LogP contribution in [0.3, 0.4) is 0 Å². The predicted molar refractivity (Wildman–Crippen MR) is 99.4 cm³/mol. The monoisotopic (exact) mass is 359 g/mol. The average molecular weight is 359 g/mol. The summed E-state index contributed by atoms with van der Waals surface area (Å²) in [5.41, 5.74) is 8.32. The Bertz CT molecular complexity index is 862. The van der Waals surface area contributed by atoms with Crippen LogP contribution in [0.15, 0.2) is 46.8 Å². The Kier molecular flexibility index (Phi) is 4.92. The third kappa shape index (κ3) is 3.98. The number of benzene rings is 2. The summed E-state index contributed by atoms with van der Waals surface area (Å²) < 4.78 is 1.87. The molecular formula is C17H17N3O2S2. The molecule has 1 unspecified atom stereocenters. The minimum Gasteiger partial charge on any atom is -0.508 e. The summed E-state index contributed by atoms with van der Waals surface area (Å²) in [6.07, 6.45) is 0. The predicted octanol–water partition coefficient (Wildman–Crippen LogP) is 3.55. The summed E-state index contributed by atoms with van der Waals surface area (Å²) in [6, 6.07) is 12.3. The van der Waals surface area contributed by atoms with Crippen LogP contribution in [0.5, 0.6) is 5.75 Å². The van der Waals surface area contributed by atoms with Gasteiger partial charge in [-0.05, 0) is 42.8 Å². The highest BCUT2D eigenvalue weighted by Crippen LogP contribution is 2.30. The van der Waals surface area contributed by atoms with E-state index in [2.05, 4.69) is 10.3 Å². The quantitative estimate of drug-likeness (QED) is 0.479. The lowest BCUT2D eigenvalue weighted by atomic mass is 10.1. The number of phenols is 1. The van der Waals surface area contributed by atoms with Crippen LogP contribution in [0.25, 0.3) is 10.2 Å². The van der Waals surface area contributed by atoms with Gasteiger partial charge in [-0.2, -0.15) is 0 Å². The van der Waals surface area contributed by atoms with Crippen LogP contribution in [0.2, 0.25) is 0 Å². The molecule has 0 fully saturated rings. The second kappa shape index (κ2) is 7.11. The van der Waals surface area contributed by atoms with Crippen molar-refractivity contribution < 1.29 is 9.90 Å². The number of phenolic OH excluding ortho intramolecular Hbond substituents is 1. The van der Waals surface area contributed by atoms with Crippen molar-refractivity contribution in [3.63, 3.8) is 0 Å². The van der Waals surface area contributed by atoms with Crippen LogP contribution in [0, 0.1) is 0 Å². The maximum atomic E-state index is 12.1. The summed E-state index contributed by atoms with van der Waals surface area (Å²) in [5.74, 6) is 0.459. The highest BCUT2D eigenvalue weighted by Gasteiger charge is 2.12. The number of nitrogens with one attached hydrogen (secondary N) is 1. The number of nitrogen functional groups attached to an aromatic ring is 1. The number of fused-ring (bicyclic) bond motifs is 1. The highest BCUT2D eigenvalue weighted by molar-refractivity contribution is 8.01. The normalized spacial score (nSPS) is 12.2. The number of hydrogen-bond acceptors (Lipinski definition) is 6. The van der Waals surface area contributed by atoms with Gasteiger partial charge in [0.1, 0.15) is 5.75 Å². The fraction of sp³-hybridized carbons (Fsp3) is 0.176. The van der Waals surface area contributed by atoms with Gasteiger partial charge in [0.25, 0.3) is 0 Å². The molecule has 0 radical (unpaired) electrons. The first-order valence-electron chi connectivity index (χ1n) is 7.38. The van der Waals surface area contributed by atoms with E-state index >= 15 is 0 Å². The van der Waals surface area contributed by atoms with Crippen molar-refractivity contribution in [1.29, 1.82) is 0 Å². The molecule has 0 spiro atoms. The van der Waals surface area contributed by atoms with E-state index in [0.29, 0.717) is 11.4 Å². The van der Waals surface area contributed by atoms with Crippen LogP contribution in [-0.2, 0) is 4.79 Å². The molecular weight excluding hydrogens is 342 g/mol. The van der Waals surface area contributed by atoms with E-state index in [1.165, 1.54) is 23.1 Å². The van der Waals surface area contributed by atoms with E-state index in [1.807, 2.05) is 25.1 Å². The zero-order chi connectivity index (χ0) is 17.1. The minimum absolute atomic E-state index is 0.0562. The van der Waals surface area contributed by atoms with Gasteiger partial charge in [0.2, 0.25) is 5.91 Å². The number of amides is 1. The van der Waals surface area contributed by atoms with E-state index in [4.69, 9.17) is 5.73 Å². The summed E-state index contributed by atoms with van der Waals surface area (Å²) >= 11 is 2.95. The van der Waals surface area contributed by atoms with Crippen molar-refractivity contribution in [1.82, 2.24) is 10.3 Å². The molecule has 4 N–H and O–H groups in total. The average Bonchev–Trinajstić information content (AvgIpc) is 2.95. The van der Waals surface area contributed by atoms with Crippen molar-refractivity contribution in [2.75, 3.05) is 11.5 Å². The molecule has 0 saturated carbocycles.